The number of amides is 1. The zero-order chi connectivity index (χ0) is 13.5. The molecule has 2 rings (SSSR count). The quantitative estimate of drug-likeness (QED) is 0.927. The lowest BCUT2D eigenvalue weighted by Gasteiger charge is -2.23. The number of nitrogens with one attached hydrogen (secondary N) is 1. The fourth-order valence-corrected chi connectivity index (χ4v) is 2.66. The third-order valence-corrected chi connectivity index (χ3v) is 3.88. The molecule has 0 aromatic heterocycles. The Kier molecular flexibility index (Phi) is 7.63. The van der Waals surface area contributed by atoms with Crippen molar-refractivity contribution in [2.75, 3.05) is 26.2 Å². The minimum atomic E-state index is 0. The van der Waals surface area contributed by atoms with Gasteiger partial charge in [-0.1, -0.05) is 37.3 Å². The van der Waals surface area contributed by atoms with Gasteiger partial charge in [-0.25, -0.2) is 0 Å². The van der Waals surface area contributed by atoms with Crippen molar-refractivity contribution in [3.8, 4) is 0 Å². The van der Waals surface area contributed by atoms with Crippen LogP contribution < -0.4 is 5.32 Å². The molecule has 1 unspecified atom stereocenters. The molecule has 1 aliphatic heterocycles. The molecule has 1 aliphatic rings. The van der Waals surface area contributed by atoms with Gasteiger partial charge in [0.05, 0.1) is 0 Å². The Hall–Kier alpha value is -1.06. The summed E-state index contributed by atoms with van der Waals surface area (Å²) in [5.74, 6) is 0.657. The number of hydrogen-bond acceptors (Lipinski definition) is 2. The van der Waals surface area contributed by atoms with Crippen molar-refractivity contribution < 1.29 is 4.79 Å². The van der Waals surface area contributed by atoms with Gasteiger partial charge in [-0.15, -0.1) is 12.4 Å². The van der Waals surface area contributed by atoms with Crippen molar-refractivity contribution >= 4 is 18.3 Å². The highest BCUT2D eigenvalue weighted by molar-refractivity contribution is 5.85. The van der Waals surface area contributed by atoms with Crippen LogP contribution in [0.15, 0.2) is 30.3 Å². The number of nitrogens with zero attached hydrogens (tertiary/aromatic N) is 1. The second-order valence-corrected chi connectivity index (χ2v) is 5.20. The fourth-order valence-electron chi connectivity index (χ4n) is 2.66. The highest BCUT2D eigenvalue weighted by Gasteiger charge is 2.20. The average molecular weight is 297 g/mol. The van der Waals surface area contributed by atoms with Crippen LogP contribution in [0.25, 0.3) is 0 Å². The highest BCUT2D eigenvalue weighted by atomic mass is 35.5. The van der Waals surface area contributed by atoms with Crippen LogP contribution >= 0.6 is 12.4 Å². The maximum atomic E-state index is 12.4. The number of hydrogen-bond donors (Lipinski definition) is 1. The third kappa shape index (κ3) is 4.80. The van der Waals surface area contributed by atoms with Gasteiger partial charge in [0.1, 0.15) is 0 Å². The van der Waals surface area contributed by atoms with Gasteiger partial charge in [0.2, 0.25) is 5.91 Å². The number of carbonyl (C=O) groups is 1. The standard InChI is InChI=1S/C16H24N2O.ClH/c1-2-14(15-7-4-3-5-8-15)13-16(19)18-11-6-9-17-10-12-18;/h3-5,7-8,14,17H,2,6,9-13H2,1H3;1H. The van der Waals surface area contributed by atoms with Crippen LogP contribution in [0, 0.1) is 0 Å². The van der Waals surface area contributed by atoms with Crippen LogP contribution in [0.4, 0.5) is 0 Å². The van der Waals surface area contributed by atoms with Crippen LogP contribution in [0.3, 0.4) is 0 Å². The Balaban J connectivity index is 0.00000200. The molecular weight excluding hydrogens is 272 g/mol. The van der Waals surface area contributed by atoms with E-state index in [2.05, 4.69) is 36.5 Å². The summed E-state index contributed by atoms with van der Waals surface area (Å²) in [7, 11) is 0. The molecule has 3 nitrogen and oxygen atoms in total. The van der Waals surface area contributed by atoms with E-state index in [1.807, 2.05) is 11.0 Å². The molecule has 1 N–H and O–H groups in total. The third-order valence-electron chi connectivity index (χ3n) is 3.88. The number of rotatable bonds is 4. The zero-order valence-corrected chi connectivity index (χ0v) is 13.0. The molecule has 1 atom stereocenters. The SMILES string of the molecule is CCC(CC(=O)N1CCCNCC1)c1ccccc1.Cl. The van der Waals surface area contributed by atoms with E-state index in [0.29, 0.717) is 18.2 Å². The molecule has 0 aliphatic carbocycles. The van der Waals surface area contributed by atoms with E-state index in [1.165, 1.54) is 5.56 Å². The molecule has 4 heteroatoms. The van der Waals surface area contributed by atoms with Gasteiger partial charge in [0.25, 0.3) is 0 Å². The Morgan fingerprint density at radius 3 is 2.70 bits per heavy atom. The smallest absolute Gasteiger partial charge is 0.223 e. The van der Waals surface area contributed by atoms with Gasteiger partial charge in [-0.05, 0) is 30.9 Å². The molecule has 0 radical (unpaired) electrons. The van der Waals surface area contributed by atoms with Crippen molar-refractivity contribution in [1.29, 1.82) is 0 Å². The van der Waals surface area contributed by atoms with Crippen molar-refractivity contribution in [3.05, 3.63) is 35.9 Å². The van der Waals surface area contributed by atoms with Gasteiger partial charge in [0, 0.05) is 26.1 Å². The first-order valence-corrected chi connectivity index (χ1v) is 7.34. The van der Waals surface area contributed by atoms with Crippen LogP contribution in [0.2, 0.25) is 0 Å². The van der Waals surface area contributed by atoms with Gasteiger partial charge in [-0.3, -0.25) is 4.79 Å². The number of carbonyl (C=O) groups excluding carboxylic acids is 1. The average Bonchev–Trinajstić information content (AvgIpc) is 2.74. The summed E-state index contributed by atoms with van der Waals surface area (Å²) in [4.78, 5) is 14.4. The molecule has 1 aromatic carbocycles. The maximum Gasteiger partial charge on any atom is 0.223 e. The molecule has 20 heavy (non-hydrogen) atoms. The monoisotopic (exact) mass is 296 g/mol. The molecule has 0 saturated carbocycles. The largest absolute Gasteiger partial charge is 0.341 e. The van der Waals surface area contributed by atoms with E-state index >= 15 is 0 Å². The molecule has 0 spiro atoms. The van der Waals surface area contributed by atoms with Gasteiger partial charge in [0.15, 0.2) is 0 Å². The summed E-state index contributed by atoms with van der Waals surface area (Å²) in [6.07, 6.45) is 2.72. The van der Waals surface area contributed by atoms with Gasteiger partial charge in [-0.2, -0.15) is 0 Å². The Morgan fingerprint density at radius 2 is 2.00 bits per heavy atom. The highest BCUT2D eigenvalue weighted by Crippen LogP contribution is 2.23. The first-order valence-electron chi connectivity index (χ1n) is 7.34. The lowest BCUT2D eigenvalue weighted by atomic mass is 9.93. The summed E-state index contributed by atoms with van der Waals surface area (Å²) in [6.45, 7) is 5.86. The molecule has 1 fully saturated rings. The predicted molar refractivity (Wildman–Crippen MR) is 85.4 cm³/mol. The van der Waals surface area contributed by atoms with Crippen molar-refractivity contribution in [3.63, 3.8) is 0 Å². The minimum absolute atomic E-state index is 0. The molecule has 0 bridgehead atoms. The van der Waals surface area contributed by atoms with Crippen molar-refractivity contribution in [2.45, 2.75) is 32.1 Å². The first-order chi connectivity index (χ1) is 9.31. The second-order valence-electron chi connectivity index (χ2n) is 5.20. The van der Waals surface area contributed by atoms with Crippen LogP contribution in [-0.4, -0.2) is 37.0 Å². The number of halogens is 1. The summed E-state index contributed by atoms with van der Waals surface area (Å²) < 4.78 is 0. The van der Waals surface area contributed by atoms with E-state index in [4.69, 9.17) is 0 Å². The van der Waals surface area contributed by atoms with Crippen molar-refractivity contribution in [1.82, 2.24) is 10.2 Å². The van der Waals surface area contributed by atoms with Crippen LogP contribution in [-0.2, 0) is 4.79 Å². The van der Waals surface area contributed by atoms with Gasteiger partial charge >= 0.3 is 0 Å². The topological polar surface area (TPSA) is 32.3 Å². The van der Waals surface area contributed by atoms with Crippen LogP contribution in [0.5, 0.6) is 0 Å². The number of benzene rings is 1. The van der Waals surface area contributed by atoms with Crippen molar-refractivity contribution in [2.24, 2.45) is 0 Å². The first kappa shape index (κ1) is 17.0. The second kappa shape index (κ2) is 8.98. The van der Waals surface area contributed by atoms with Crippen LogP contribution in [0.1, 0.15) is 37.7 Å². The van der Waals surface area contributed by atoms with E-state index in [0.717, 1.165) is 39.0 Å². The fraction of sp³-hybridized carbons (Fsp3) is 0.562. The van der Waals surface area contributed by atoms with E-state index < -0.39 is 0 Å². The summed E-state index contributed by atoms with van der Waals surface area (Å²) in [6, 6.07) is 10.4. The molecule has 1 saturated heterocycles. The molecule has 1 aromatic rings. The lowest BCUT2D eigenvalue weighted by Crippen LogP contribution is -2.34. The Labute approximate surface area is 128 Å². The molecular formula is C16H25ClN2O. The molecule has 1 heterocycles. The van der Waals surface area contributed by atoms with E-state index in [-0.39, 0.29) is 12.4 Å². The van der Waals surface area contributed by atoms with E-state index in [9.17, 15) is 4.79 Å². The maximum absolute atomic E-state index is 12.4. The summed E-state index contributed by atoms with van der Waals surface area (Å²) in [5.41, 5.74) is 1.28. The molecule has 1 amide bonds. The van der Waals surface area contributed by atoms with E-state index in [1.54, 1.807) is 0 Å². The minimum Gasteiger partial charge on any atom is -0.341 e. The summed E-state index contributed by atoms with van der Waals surface area (Å²) in [5, 5.41) is 3.34. The Bertz CT molecular complexity index is 389. The molecule has 112 valence electrons. The van der Waals surface area contributed by atoms with Gasteiger partial charge < -0.3 is 10.2 Å². The lowest BCUT2D eigenvalue weighted by molar-refractivity contribution is -0.131. The Morgan fingerprint density at radius 1 is 1.25 bits per heavy atom. The predicted octanol–water partition coefficient (Wildman–Crippen LogP) is 2.81. The zero-order valence-electron chi connectivity index (χ0n) is 12.2. The normalized spacial score (nSPS) is 16.9. The summed E-state index contributed by atoms with van der Waals surface area (Å²) >= 11 is 0.